The van der Waals surface area contributed by atoms with Crippen LogP contribution in [0.3, 0.4) is 0 Å². The minimum atomic E-state index is -4.28. The van der Waals surface area contributed by atoms with Gasteiger partial charge in [0.25, 0.3) is 0 Å². The van der Waals surface area contributed by atoms with Crippen LogP contribution in [0.15, 0.2) is 24.3 Å². The van der Waals surface area contributed by atoms with Crippen LogP contribution in [0.5, 0.6) is 5.75 Å². The number of alkyl halides is 3. The summed E-state index contributed by atoms with van der Waals surface area (Å²) in [7, 11) is 0. The summed E-state index contributed by atoms with van der Waals surface area (Å²) in [6.45, 7) is -0.946. The lowest BCUT2D eigenvalue weighted by molar-refractivity contribution is -0.174. The SMILES string of the molecule is N=C(N)Cc1ccc(OCCCOCC(F)(F)F)cc1. The van der Waals surface area contributed by atoms with Crippen LogP contribution in [0, 0.1) is 5.41 Å². The van der Waals surface area contributed by atoms with Gasteiger partial charge in [0.2, 0.25) is 0 Å². The molecule has 7 heteroatoms. The summed E-state index contributed by atoms with van der Waals surface area (Å²) < 4.78 is 45.1. The Morgan fingerprint density at radius 3 is 2.35 bits per heavy atom. The fourth-order valence-corrected chi connectivity index (χ4v) is 1.46. The molecular weight excluding hydrogens is 273 g/mol. The molecule has 0 heterocycles. The third-order valence-corrected chi connectivity index (χ3v) is 2.29. The minimum absolute atomic E-state index is 0.00191. The van der Waals surface area contributed by atoms with E-state index in [0.717, 1.165) is 5.56 Å². The normalized spacial score (nSPS) is 11.3. The van der Waals surface area contributed by atoms with Crippen LogP contribution >= 0.6 is 0 Å². The first-order valence-electron chi connectivity index (χ1n) is 6.06. The van der Waals surface area contributed by atoms with E-state index >= 15 is 0 Å². The van der Waals surface area contributed by atoms with Gasteiger partial charge in [-0.05, 0) is 17.7 Å². The zero-order chi connectivity index (χ0) is 15.0. The molecule has 0 radical (unpaired) electrons. The maximum absolute atomic E-state index is 11.8. The van der Waals surface area contributed by atoms with E-state index in [1.54, 1.807) is 24.3 Å². The quantitative estimate of drug-likeness (QED) is 0.439. The van der Waals surface area contributed by atoms with Gasteiger partial charge in [-0.15, -0.1) is 0 Å². The van der Waals surface area contributed by atoms with Crippen molar-refractivity contribution in [1.82, 2.24) is 0 Å². The Labute approximate surface area is 115 Å². The number of hydrogen-bond acceptors (Lipinski definition) is 3. The van der Waals surface area contributed by atoms with Gasteiger partial charge in [0.05, 0.1) is 19.0 Å². The second-order valence-corrected chi connectivity index (χ2v) is 4.22. The summed E-state index contributed by atoms with van der Waals surface area (Å²) in [4.78, 5) is 0. The molecule has 0 aliphatic rings. The number of benzene rings is 1. The highest BCUT2D eigenvalue weighted by Gasteiger charge is 2.27. The minimum Gasteiger partial charge on any atom is -0.494 e. The van der Waals surface area contributed by atoms with E-state index in [1.807, 2.05) is 0 Å². The molecule has 0 unspecified atom stereocenters. The molecule has 0 aliphatic heterocycles. The number of nitrogens with one attached hydrogen (secondary N) is 1. The molecule has 0 bridgehead atoms. The first-order valence-corrected chi connectivity index (χ1v) is 6.06. The molecular formula is C13H17F3N2O2. The van der Waals surface area contributed by atoms with Crippen molar-refractivity contribution in [3.8, 4) is 5.75 Å². The first-order chi connectivity index (χ1) is 9.37. The van der Waals surface area contributed by atoms with Crippen LogP contribution in [-0.2, 0) is 11.2 Å². The highest BCUT2D eigenvalue weighted by molar-refractivity contribution is 5.79. The van der Waals surface area contributed by atoms with E-state index in [9.17, 15) is 13.2 Å². The molecule has 0 amide bonds. The summed E-state index contributed by atoms with van der Waals surface area (Å²) in [5.41, 5.74) is 6.18. The lowest BCUT2D eigenvalue weighted by Gasteiger charge is -2.09. The largest absolute Gasteiger partial charge is 0.494 e. The predicted octanol–water partition coefficient (Wildman–Crippen LogP) is 2.51. The standard InChI is InChI=1S/C13H17F3N2O2/c14-13(15,16)9-19-6-1-7-20-11-4-2-10(3-5-11)8-12(17)18/h2-5H,1,6-9H2,(H3,17,18). The third kappa shape index (κ3) is 7.63. The molecule has 0 saturated carbocycles. The average molecular weight is 290 g/mol. The fraction of sp³-hybridized carbons (Fsp3) is 0.462. The van der Waals surface area contributed by atoms with Gasteiger partial charge in [-0.1, -0.05) is 12.1 Å². The Balaban J connectivity index is 2.17. The molecule has 112 valence electrons. The molecule has 1 aromatic carbocycles. The van der Waals surface area contributed by atoms with Crippen LogP contribution in [0.2, 0.25) is 0 Å². The van der Waals surface area contributed by atoms with Gasteiger partial charge in [-0.25, -0.2) is 0 Å². The number of amidine groups is 1. The highest BCUT2D eigenvalue weighted by Crippen LogP contribution is 2.15. The molecule has 3 N–H and O–H groups in total. The number of hydrogen-bond donors (Lipinski definition) is 2. The van der Waals surface area contributed by atoms with Crippen molar-refractivity contribution in [1.29, 1.82) is 5.41 Å². The van der Waals surface area contributed by atoms with Crippen molar-refractivity contribution < 1.29 is 22.6 Å². The summed E-state index contributed by atoms with van der Waals surface area (Å²) in [6, 6.07) is 7.04. The van der Waals surface area contributed by atoms with Crippen LogP contribution in [0.4, 0.5) is 13.2 Å². The van der Waals surface area contributed by atoms with Gasteiger partial charge in [-0.2, -0.15) is 13.2 Å². The molecule has 0 aliphatic carbocycles. The van der Waals surface area contributed by atoms with Crippen molar-refractivity contribution in [3.05, 3.63) is 29.8 Å². The van der Waals surface area contributed by atoms with Gasteiger partial charge in [-0.3, -0.25) is 5.41 Å². The smallest absolute Gasteiger partial charge is 0.411 e. The Morgan fingerprint density at radius 1 is 1.15 bits per heavy atom. The van der Waals surface area contributed by atoms with Crippen molar-refractivity contribution in [2.45, 2.75) is 19.0 Å². The zero-order valence-corrected chi connectivity index (χ0v) is 10.9. The van der Waals surface area contributed by atoms with Gasteiger partial charge < -0.3 is 15.2 Å². The van der Waals surface area contributed by atoms with Crippen LogP contribution in [-0.4, -0.2) is 31.8 Å². The molecule has 0 fully saturated rings. The van der Waals surface area contributed by atoms with Gasteiger partial charge in [0.1, 0.15) is 12.4 Å². The summed E-state index contributed by atoms with van der Waals surface area (Å²) in [5.74, 6) is 0.702. The highest BCUT2D eigenvalue weighted by atomic mass is 19.4. The molecule has 0 aromatic heterocycles. The second-order valence-electron chi connectivity index (χ2n) is 4.22. The van der Waals surface area contributed by atoms with E-state index in [-0.39, 0.29) is 19.0 Å². The van der Waals surface area contributed by atoms with Crippen LogP contribution in [0.25, 0.3) is 0 Å². The second kappa shape index (κ2) is 7.74. The average Bonchev–Trinajstić information content (AvgIpc) is 2.33. The lowest BCUT2D eigenvalue weighted by atomic mass is 10.1. The fourth-order valence-electron chi connectivity index (χ4n) is 1.46. The van der Waals surface area contributed by atoms with E-state index in [1.165, 1.54) is 0 Å². The van der Waals surface area contributed by atoms with Crippen molar-refractivity contribution >= 4 is 5.84 Å². The van der Waals surface area contributed by atoms with E-state index in [2.05, 4.69) is 4.74 Å². The molecule has 1 aromatic rings. The molecule has 0 atom stereocenters. The molecule has 20 heavy (non-hydrogen) atoms. The van der Waals surface area contributed by atoms with E-state index in [0.29, 0.717) is 18.6 Å². The zero-order valence-electron chi connectivity index (χ0n) is 10.9. The van der Waals surface area contributed by atoms with Crippen LogP contribution < -0.4 is 10.5 Å². The molecule has 1 rings (SSSR count). The van der Waals surface area contributed by atoms with Crippen molar-refractivity contribution in [3.63, 3.8) is 0 Å². The lowest BCUT2D eigenvalue weighted by Crippen LogP contribution is -2.18. The van der Waals surface area contributed by atoms with Crippen molar-refractivity contribution in [2.75, 3.05) is 19.8 Å². The topological polar surface area (TPSA) is 68.3 Å². The summed E-state index contributed by atoms with van der Waals surface area (Å²) in [6.07, 6.45) is -3.52. The van der Waals surface area contributed by atoms with E-state index in [4.69, 9.17) is 15.9 Å². The summed E-state index contributed by atoms with van der Waals surface area (Å²) in [5, 5.41) is 7.16. The molecule has 0 spiro atoms. The van der Waals surface area contributed by atoms with Crippen LogP contribution in [0.1, 0.15) is 12.0 Å². The van der Waals surface area contributed by atoms with E-state index < -0.39 is 12.8 Å². The first kappa shape index (κ1) is 16.3. The number of nitrogens with two attached hydrogens (primary N) is 1. The van der Waals surface area contributed by atoms with Crippen molar-refractivity contribution in [2.24, 2.45) is 5.73 Å². The van der Waals surface area contributed by atoms with Gasteiger partial charge in [0.15, 0.2) is 0 Å². The van der Waals surface area contributed by atoms with Gasteiger partial charge >= 0.3 is 6.18 Å². The molecule has 0 saturated heterocycles. The number of ether oxygens (including phenoxy) is 2. The Hall–Kier alpha value is -1.76. The predicted molar refractivity (Wildman–Crippen MR) is 69.0 cm³/mol. The monoisotopic (exact) mass is 290 g/mol. The number of halogens is 3. The maximum Gasteiger partial charge on any atom is 0.411 e. The third-order valence-electron chi connectivity index (χ3n) is 2.29. The maximum atomic E-state index is 11.8. The molecule has 4 nitrogen and oxygen atoms in total. The van der Waals surface area contributed by atoms with Gasteiger partial charge in [0, 0.05) is 12.8 Å². The Bertz CT molecular complexity index is 419. The number of rotatable bonds is 8. The summed E-state index contributed by atoms with van der Waals surface area (Å²) >= 11 is 0. The Morgan fingerprint density at radius 2 is 1.80 bits per heavy atom. The Kier molecular flexibility index (Phi) is 6.30.